The summed E-state index contributed by atoms with van der Waals surface area (Å²) in [6.45, 7) is -2.18. The molecule has 114 valence electrons. The van der Waals surface area contributed by atoms with E-state index in [1.54, 1.807) is 12.1 Å². The molecule has 1 aliphatic heterocycles. The number of halogens is 2. The Hall–Kier alpha value is -2.38. The highest BCUT2D eigenvalue weighted by Gasteiger charge is 2.21. The highest BCUT2D eigenvalue weighted by atomic mass is 19.3. The third kappa shape index (κ3) is 4.30. The smallest absolute Gasteiger partial charge is 0.387 e. The predicted molar refractivity (Wildman–Crippen MR) is 71.2 cm³/mol. The molecule has 1 saturated heterocycles. The van der Waals surface area contributed by atoms with Crippen LogP contribution in [0.4, 0.5) is 14.5 Å². The molecule has 0 bridgehead atoms. The topological polar surface area (TPSA) is 70.7 Å². The molecule has 0 aromatic heterocycles. The molecule has 2 N–H and O–H groups in total. The Morgan fingerprint density at radius 3 is 2.90 bits per heavy atom. The summed E-state index contributed by atoms with van der Waals surface area (Å²) < 4.78 is 28.9. The molecule has 0 unspecified atom stereocenters. The zero-order chi connectivity index (χ0) is 15.2. The molecule has 1 aromatic rings. The predicted octanol–water partition coefficient (Wildman–Crippen LogP) is 0.658. The van der Waals surface area contributed by atoms with Crippen molar-refractivity contribution >= 4 is 17.5 Å². The maximum Gasteiger partial charge on any atom is 0.387 e. The lowest BCUT2D eigenvalue weighted by Crippen LogP contribution is -2.51. The summed E-state index contributed by atoms with van der Waals surface area (Å²) >= 11 is 0. The van der Waals surface area contributed by atoms with E-state index in [9.17, 15) is 18.4 Å². The SMILES string of the molecule is O=C1CN(C(=O)CNc2ccccc2OC(F)F)CCN1. The van der Waals surface area contributed by atoms with Gasteiger partial charge in [0.05, 0.1) is 18.8 Å². The van der Waals surface area contributed by atoms with Crippen molar-refractivity contribution in [2.75, 3.05) is 31.5 Å². The molecule has 0 spiro atoms. The number of carbonyl (C=O) groups is 2. The summed E-state index contributed by atoms with van der Waals surface area (Å²) in [5.41, 5.74) is 0.299. The fourth-order valence-electron chi connectivity index (χ4n) is 1.95. The molecule has 1 aliphatic rings. The van der Waals surface area contributed by atoms with Crippen molar-refractivity contribution in [3.8, 4) is 5.75 Å². The van der Waals surface area contributed by atoms with Crippen LogP contribution in [0.3, 0.4) is 0 Å². The Kier molecular flexibility index (Phi) is 4.91. The fourth-order valence-corrected chi connectivity index (χ4v) is 1.95. The Morgan fingerprint density at radius 2 is 2.19 bits per heavy atom. The van der Waals surface area contributed by atoms with Crippen LogP contribution in [0.25, 0.3) is 0 Å². The van der Waals surface area contributed by atoms with Gasteiger partial charge in [-0.15, -0.1) is 0 Å². The van der Waals surface area contributed by atoms with Crippen LogP contribution in [0.1, 0.15) is 0 Å². The van der Waals surface area contributed by atoms with Gasteiger partial charge in [-0.2, -0.15) is 8.78 Å². The lowest BCUT2D eigenvalue weighted by atomic mass is 10.3. The number of alkyl halides is 2. The van der Waals surface area contributed by atoms with E-state index in [1.165, 1.54) is 17.0 Å². The maximum absolute atomic E-state index is 12.3. The molecule has 0 radical (unpaired) electrons. The van der Waals surface area contributed by atoms with E-state index >= 15 is 0 Å². The minimum absolute atomic E-state index is 0.00962. The molecule has 2 rings (SSSR count). The van der Waals surface area contributed by atoms with E-state index in [0.717, 1.165) is 0 Å². The van der Waals surface area contributed by atoms with Gasteiger partial charge in [-0.25, -0.2) is 0 Å². The first kappa shape index (κ1) is 15.0. The normalized spacial score (nSPS) is 14.8. The van der Waals surface area contributed by atoms with Crippen LogP contribution >= 0.6 is 0 Å². The first-order valence-electron chi connectivity index (χ1n) is 6.38. The molecule has 1 fully saturated rings. The molecule has 0 atom stereocenters. The van der Waals surface area contributed by atoms with Gasteiger partial charge in [-0.05, 0) is 12.1 Å². The average Bonchev–Trinajstić information content (AvgIpc) is 2.45. The number of rotatable bonds is 5. The second kappa shape index (κ2) is 6.87. The number of amides is 2. The minimum Gasteiger partial charge on any atom is -0.433 e. The van der Waals surface area contributed by atoms with Crippen molar-refractivity contribution in [3.63, 3.8) is 0 Å². The molecule has 2 amide bonds. The van der Waals surface area contributed by atoms with Gasteiger partial charge in [0.1, 0.15) is 5.75 Å². The van der Waals surface area contributed by atoms with Crippen molar-refractivity contribution in [3.05, 3.63) is 24.3 Å². The monoisotopic (exact) mass is 299 g/mol. The third-order valence-corrected chi connectivity index (χ3v) is 2.92. The van der Waals surface area contributed by atoms with Crippen LogP contribution in [0.2, 0.25) is 0 Å². The number of carbonyl (C=O) groups excluding carboxylic acids is 2. The van der Waals surface area contributed by atoms with Crippen molar-refractivity contribution in [2.24, 2.45) is 0 Å². The number of ether oxygens (including phenoxy) is 1. The number of anilines is 1. The lowest BCUT2D eigenvalue weighted by molar-refractivity contribution is -0.136. The fraction of sp³-hybridized carbons (Fsp3) is 0.385. The van der Waals surface area contributed by atoms with E-state index in [2.05, 4.69) is 15.4 Å². The quantitative estimate of drug-likeness (QED) is 0.838. The van der Waals surface area contributed by atoms with Crippen LogP contribution in [0.15, 0.2) is 24.3 Å². The highest BCUT2D eigenvalue weighted by Crippen LogP contribution is 2.25. The van der Waals surface area contributed by atoms with Crippen LogP contribution in [-0.4, -0.2) is 49.5 Å². The molecule has 1 heterocycles. The lowest BCUT2D eigenvalue weighted by Gasteiger charge is -2.27. The van der Waals surface area contributed by atoms with Crippen molar-refractivity contribution in [2.45, 2.75) is 6.61 Å². The molecule has 21 heavy (non-hydrogen) atoms. The summed E-state index contributed by atoms with van der Waals surface area (Å²) in [5, 5.41) is 5.36. The first-order chi connectivity index (χ1) is 10.1. The Labute approximate surface area is 120 Å². The van der Waals surface area contributed by atoms with Crippen LogP contribution < -0.4 is 15.4 Å². The van der Waals surface area contributed by atoms with E-state index in [0.29, 0.717) is 18.8 Å². The van der Waals surface area contributed by atoms with Gasteiger partial charge in [0.15, 0.2) is 0 Å². The number of para-hydroxylation sites is 2. The molecule has 0 aliphatic carbocycles. The Bertz CT molecular complexity index is 525. The summed E-state index contributed by atoms with van der Waals surface area (Å²) in [7, 11) is 0. The van der Waals surface area contributed by atoms with Gasteiger partial charge < -0.3 is 20.3 Å². The van der Waals surface area contributed by atoms with E-state index in [-0.39, 0.29) is 30.7 Å². The average molecular weight is 299 g/mol. The van der Waals surface area contributed by atoms with E-state index < -0.39 is 6.61 Å². The van der Waals surface area contributed by atoms with Crippen molar-refractivity contribution in [1.82, 2.24) is 10.2 Å². The van der Waals surface area contributed by atoms with Gasteiger partial charge in [-0.3, -0.25) is 9.59 Å². The number of nitrogens with one attached hydrogen (secondary N) is 2. The third-order valence-electron chi connectivity index (χ3n) is 2.92. The second-order valence-electron chi connectivity index (χ2n) is 4.39. The Balaban J connectivity index is 1.93. The minimum atomic E-state index is -2.94. The second-order valence-corrected chi connectivity index (χ2v) is 4.39. The molecule has 8 heteroatoms. The van der Waals surface area contributed by atoms with Crippen LogP contribution in [0, 0.1) is 0 Å². The number of nitrogens with zero attached hydrogens (tertiary/aromatic N) is 1. The molecule has 0 saturated carbocycles. The van der Waals surface area contributed by atoms with Crippen LogP contribution in [0.5, 0.6) is 5.75 Å². The number of piperazine rings is 1. The number of hydrogen-bond donors (Lipinski definition) is 2. The maximum atomic E-state index is 12.3. The van der Waals surface area contributed by atoms with Crippen LogP contribution in [-0.2, 0) is 9.59 Å². The van der Waals surface area contributed by atoms with Crippen molar-refractivity contribution in [1.29, 1.82) is 0 Å². The molecule has 1 aromatic carbocycles. The van der Waals surface area contributed by atoms with Gasteiger partial charge in [0.25, 0.3) is 0 Å². The zero-order valence-electron chi connectivity index (χ0n) is 11.1. The molecule has 6 nitrogen and oxygen atoms in total. The van der Waals surface area contributed by atoms with E-state index in [1.807, 2.05) is 0 Å². The van der Waals surface area contributed by atoms with Gasteiger partial charge in [-0.1, -0.05) is 12.1 Å². The summed E-state index contributed by atoms with van der Waals surface area (Å²) in [6.07, 6.45) is 0. The first-order valence-corrected chi connectivity index (χ1v) is 6.38. The summed E-state index contributed by atoms with van der Waals surface area (Å²) in [5.74, 6) is -0.524. The molecular formula is C13H15F2N3O3. The van der Waals surface area contributed by atoms with Crippen molar-refractivity contribution < 1.29 is 23.1 Å². The summed E-state index contributed by atoms with van der Waals surface area (Å²) in [4.78, 5) is 24.5. The summed E-state index contributed by atoms with van der Waals surface area (Å²) in [6, 6.07) is 6.11. The zero-order valence-corrected chi connectivity index (χ0v) is 11.1. The number of hydrogen-bond acceptors (Lipinski definition) is 4. The van der Waals surface area contributed by atoms with Gasteiger partial charge in [0.2, 0.25) is 11.8 Å². The highest BCUT2D eigenvalue weighted by molar-refractivity contribution is 5.88. The van der Waals surface area contributed by atoms with Gasteiger partial charge in [0, 0.05) is 13.1 Å². The van der Waals surface area contributed by atoms with E-state index in [4.69, 9.17) is 0 Å². The van der Waals surface area contributed by atoms with Gasteiger partial charge >= 0.3 is 6.61 Å². The number of benzene rings is 1. The molecular weight excluding hydrogens is 284 g/mol. The Morgan fingerprint density at radius 1 is 1.43 bits per heavy atom. The standard InChI is InChI=1S/C13H15F2N3O3/c14-13(15)21-10-4-2-1-3-9(10)17-7-12(20)18-6-5-16-11(19)8-18/h1-4,13,17H,5-8H2,(H,16,19). The largest absolute Gasteiger partial charge is 0.433 e.